The van der Waals surface area contributed by atoms with Crippen molar-refractivity contribution in [3.05, 3.63) is 59.1 Å². The fourth-order valence-electron chi connectivity index (χ4n) is 2.43. The Morgan fingerprint density at radius 1 is 1.07 bits per heavy atom. The average Bonchev–Trinajstić information content (AvgIpc) is 3.11. The molecule has 0 fully saturated rings. The lowest BCUT2D eigenvalue weighted by Gasteiger charge is -2.05. The predicted octanol–water partition coefficient (Wildman–Crippen LogP) is 3.62. The highest BCUT2D eigenvalue weighted by atomic mass is 35.5. The maximum atomic E-state index is 12.4. The molecule has 0 saturated carbocycles. The number of hydrogen-bond acceptors (Lipinski definition) is 5. The minimum absolute atomic E-state index is 0.0257. The standard InChI is InChI=1S/C19H18ClN5O2/c1-2-3-18(27)21-16-10-6-13(7-11-16)17(26)12-25-23-19(22-24-25)14-4-8-15(20)9-5-14/h4-11H,2-3,12H2,1H3,(H,21,27). The van der Waals surface area contributed by atoms with E-state index < -0.39 is 0 Å². The summed E-state index contributed by atoms with van der Waals surface area (Å²) in [5.74, 6) is 0.230. The molecule has 3 rings (SSSR count). The maximum absolute atomic E-state index is 12.4. The molecule has 0 spiro atoms. The van der Waals surface area contributed by atoms with E-state index in [1.54, 1.807) is 48.5 Å². The number of aromatic nitrogens is 4. The van der Waals surface area contributed by atoms with Crippen LogP contribution in [0.2, 0.25) is 5.02 Å². The Morgan fingerprint density at radius 2 is 1.78 bits per heavy atom. The number of hydrogen-bond donors (Lipinski definition) is 1. The van der Waals surface area contributed by atoms with Gasteiger partial charge in [0, 0.05) is 28.3 Å². The molecule has 3 aromatic rings. The number of rotatable bonds is 7. The van der Waals surface area contributed by atoms with Crippen LogP contribution in [0.5, 0.6) is 0 Å². The summed E-state index contributed by atoms with van der Waals surface area (Å²) in [6.45, 7) is 1.92. The number of nitrogens with one attached hydrogen (secondary N) is 1. The van der Waals surface area contributed by atoms with Crippen molar-refractivity contribution >= 4 is 29.0 Å². The van der Waals surface area contributed by atoms with Gasteiger partial charge in [-0.05, 0) is 60.2 Å². The monoisotopic (exact) mass is 383 g/mol. The quantitative estimate of drug-likeness (QED) is 0.629. The number of amides is 1. The van der Waals surface area contributed by atoms with Gasteiger partial charge in [-0.2, -0.15) is 4.80 Å². The van der Waals surface area contributed by atoms with Crippen molar-refractivity contribution in [2.45, 2.75) is 26.3 Å². The lowest BCUT2D eigenvalue weighted by atomic mass is 10.1. The molecular weight excluding hydrogens is 366 g/mol. The summed E-state index contributed by atoms with van der Waals surface area (Å²) >= 11 is 5.87. The molecule has 8 heteroatoms. The van der Waals surface area contributed by atoms with E-state index in [1.165, 1.54) is 4.80 Å². The lowest BCUT2D eigenvalue weighted by Crippen LogP contribution is -2.14. The Kier molecular flexibility index (Phi) is 5.93. The summed E-state index contributed by atoms with van der Waals surface area (Å²) in [6.07, 6.45) is 1.25. The number of Topliss-reactive ketones (excluding diaryl/α,β-unsaturated/α-hetero) is 1. The number of halogens is 1. The van der Waals surface area contributed by atoms with Crippen LogP contribution in [-0.4, -0.2) is 31.9 Å². The molecule has 0 bridgehead atoms. The summed E-state index contributed by atoms with van der Waals surface area (Å²) in [6, 6.07) is 13.8. The average molecular weight is 384 g/mol. The summed E-state index contributed by atoms with van der Waals surface area (Å²) in [4.78, 5) is 25.3. The van der Waals surface area contributed by atoms with Crippen molar-refractivity contribution in [2.75, 3.05) is 5.32 Å². The first-order chi connectivity index (χ1) is 13.0. The van der Waals surface area contributed by atoms with Gasteiger partial charge in [0.25, 0.3) is 0 Å². The van der Waals surface area contributed by atoms with Crippen LogP contribution in [-0.2, 0) is 11.3 Å². The number of anilines is 1. The number of ketones is 1. The fraction of sp³-hybridized carbons (Fsp3) is 0.211. The van der Waals surface area contributed by atoms with E-state index in [-0.39, 0.29) is 18.2 Å². The van der Waals surface area contributed by atoms with Gasteiger partial charge in [0.1, 0.15) is 6.54 Å². The second kappa shape index (κ2) is 8.55. The molecule has 0 atom stereocenters. The molecule has 1 amide bonds. The molecule has 138 valence electrons. The number of benzene rings is 2. The Bertz CT molecular complexity index is 935. The highest BCUT2D eigenvalue weighted by Crippen LogP contribution is 2.17. The van der Waals surface area contributed by atoms with Gasteiger partial charge in [0.15, 0.2) is 5.78 Å². The van der Waals surface area contributed by atoms with Crippen molar-refractivity contribution < 1.29 is 9.59 Å². The topological polar surface area (TPSA) is 89.8 Å². The first-order valence-corrected chi connectivity index (χ1v) is 8.90. The van der Waals surface area contributed by atoms with Crippen molar-refractivity contribution in [3.63, 3.8) is 0 Å². The Labute approximate surface area is 161 Å². The zero-order valence-corrected chi connectivity index (χ0v) is 15.5. The molecule has 1 N–H and O–H groups in total. The summed E-state index contributed by atoms with van der Waals surface area (Å²) < 4.78 is 0. The molecule has 1 aromatic heterocycles. The van der Waals surface area contributed by atoms with Crippen molar-refractivity contribution in [2.24, 2.45) is 0 Å². The molecular formula is C19H18ClN5O2. The normalized spacial score (nSPS) is 10.6. The van der Waals surface area contributed by atoms with E-state index in [2.05, 4.69) is 20.7 Å². The molecule has 0 aliphatic heterocycles. The van der Waals surface area contributed by atoms with Crippen LogP contribution in [0.3, 0.4) is 0 Å². The van der Waals surface area contributed by atoms with E-state index in [1.807, 2.05) is 6.92 Å². The summed E-state index contributed by atoms with van der Waals surface area (Å²) in [5.41, 5.74) is 1.94. The van der Waals surface area contributed by atoms with E-state index in [0.717, 1.165) is 12.0 Å². The molecule has 0 aliphatic rings. The Hall–Kier alpha value is -3.06. The second-order valence-corrected chi connectivity index (χ2v) is 6.39. The van der Waals surface area contributed by atoms with Gasteiger partial charge in [-0.15, -0.1) is 10.2 Å². The number of nitrogens with zero attached hydrogens (tertiary/aromatic N) is 4. The van der Waals surface area contributed by atoms with Gasteiger partial charge >= 0.3 is 0 Å². The molecule has 1 heterocycles. The zero-order chi connectivity index (χ0) is 19.2. The molecule has 27 heavy (non-hydrogen) atoms. The van der Waals surface area contributed by atoms with E-state index >= 15 is 0 Å². The third kappa shape index (κ3) is 4.98. The van der Waals surface area contributed by atoms with Crippen LogP contribution in [0, 0.1) is 0 Å². The lowest BCUT2D eigenvalue weighted by molar-refractivity contribution is -0.116. The molecule has 7 nitrogen and oxygen atoms in total. The molecule has 0 radical (unpaired) electrons. The number of carbonyl (C=O) groups excluding carboxylic acids is 2. The van der Waals surface area contributed by atoms with E-state index in [9.17, 15) is 9.59 Å². The summed E-state index contributed by atoms with van der Waals surface area (Å²) in [5, 5.41) is 15.5. The second-order valence-electron chi connectivity index (χ2n) is 5.95. The molecule has 2 aromatic carbocycles. The summed E-state index contributed by atoms with van der Waals surface area (Å²) in [7, 11) is 0. The van der Waals surface area contributed by atoms with Crippen molar-refractivity contribution in [1.82, 2.24) is 20.2 Å². The first kappa shape index (κ1) is 18.7. The van der Waals surface area contributed by atoms with Gasteiger partial charge in [-0.25, -0.2) is 0 Å². The van der Waals surface area contributed by atoms with E-state index in [4.69, 9.17) is 11.6 Å². The smallest absolute Gasteiger partial charge is 0.224 e. The molecule has 0 unspecified atom stereocenters. The minimum atomic E-state index is -0.151. The van der Waals surface area contributed by atoms with Gasteiger partial charge < -0.3 is 5.32 Å². The SMILES string of the molecule is CCCC(=O)Nc1ccc(C(=O)Cn2nnc(-c3ccc(Cl)cc3)n2)cc1. The van der Waals surface area contributed by atoms with Gasteiger partial charge in [-0.3, -0.25) is 9.59 Å². The van der Waals surface area contributed by atoms with Gasteiger partial charge in [0.05, 0.1) is 0 Å². The Balaban J connectivity index is 1.63. The van der Waals surface area contributed by atoms with Gasteiger partial charge in [-0.1, -0.05) is 18.5 Å². The molecule has 0 saturated heterocycles. The van der Waals surface area contributed by atoms with Crippen molar-refractivity contribution in [1.29, 1.82) is 0 Å². The fourth-order valence-corrected chi connectivity index (χ4v) is 2.56. The largest absolute Gasteiger partial charge is 0.326 e. The van der Waals surface area contributed by atoms with Crippen LogP contribution in [0.15, 0.2) is 48.5 Å². The third-order valence-electron chi connectivity index (χ3n) is 3.81. The van der Waals surface area contributed by atoms with Crippen LogP contribution in [0.4, 0.5) is 5.69 Å². The van der Waals surface area contributed by atoms with E-state index in [0.29, 0.717) is 28.5 Å². The minimum Gasteiger partial charge on any atom is -0.326 e. The van der Waals surface area contributed by atoms with Crippen LogP contribution >= 0.6 is 11.6 Å². The van der Waals surface area contributed by atoms with Gasteiger partial charge in [0.2, 0.25) is 11.7 Å². The molecule has 0 aliphatic carbocycles. The third-order valence-corrected chi connectivity index (χ3v) is 4.06. The highest BCUT2D eigenvalue weighted by molar-refractivity contribution is 6.30. The Morgan fingerprint density at radius 3 is 2.44 bits per heavy atom. The zero-order valence-electron chi connectivity index (χ0n) is 14.7. The number of tetrazole rings is 1. The first-order valence-electron chi connectivity index (χ1n) is 8.52. The highest BCUT2D eigenvalue weighted by Gasteiger charge is 2.11. The van der Waals surface area contributed by atoms with Crippen LogP contribution in [0.1, 0.15) is 30.1 Å². The maximum Gasteiger partial charge on any atom is 0.224 e. The predicted molar refractivity (Wildman–Crippen MR) is 103 cm³/mol. The number of carbonyl (C=O) groups is 2. The van der Waals surface area contributed by atoms with Crippen LogP contribution in [0.25, 0.3) is 11.4 Å². The van der Waals surface area contributed by atoms with Crippen LogP contribution < -0.4 is 5.32 Å². The van der Waals surface area contributed by atoms with Crippen molar-refractivity contribution in [3.8, 4) is 11.4 Å².